The molecular weight excluding hydrogens is 238 g/mol. The second-order valence-corrected chi connectivity index (χ2v) is 2.96. The molecule has 0 amide bonds. The maximum absolute atomic E-state index is 12.9. The van der Waals surface area contributed by atoms with Gasteiger partial charge in [-0.2, -0.15) is 13.2 Å². The van der Waals surface area contributed by atoms with Crippen molar-refractivity contribution in [1.82, 2.24) is 0 Å². The Morgan fingerprint density at radius 3 is 1.88 bits per heavy atom. The SMILES string of the molecule is O=C(CC(F)(F)F)c1c(F)cc(F)cc1F. The average Bonchev–Trinajstić information content (AvgIpc) is 1.96. The van der Waals surface area contributed by atoms with E-state index in [0.29, 0.717) is 0 Å². The lowest BCUT2D eigenvalue weighted by Gasteiger charge is -2.07. The van der Waals surface area contributed by atoms with Crippen molar-refractivity contribution in [2.24, 2.45) is 0 Å². The van der Waals surface area contributed by atoms with Crippen LogP contribution in [-0.2, 0) is 0 Å². The smallest absolute Gasteiger partial charge is 0.294 e. The maximum Gasteiger partial charge on any atom is 0.396 e. The molecule has 1 aromatic rings. The summed E-state index contributed by atoms with van der Waals surface area (Å²) in [5, 5.41) is 0. The van der Waals surface area contributed by atoms with E-state index in [4.69, 9.17) is 0 Å². The fourth-order valence-corrected chi connectivity index (χ4v) is 1.08. The lowest BCUT2D eigenvalue weighted by molar-refractivity contribution is -0.125. The number of carbonyl (C=O) groups excluding carboxylic acids is 1. The zero-order chi connectivity index (χ0) is 12.5. The van der Waals surface area contributed by atoms with E-state index in [0.717, 1.165) is 0 Å². The van der Waals surface area contributed by atoms with Crippen molar-refractivity contribution in [2.45, 2.75) is 12.6 Å². The second kappa shape index (κ2) is 4.15. The zero-order valence-corrected chi connectivity index (χ0v) is 7.54. The van der Waals surface area contributed by atoms with Crippen LogP contribution in [0.3, 0.4) is 0 Å². The van der Waals surface area contributed by atoms with Crippen LogP contribution in [0.15, 0.2) is 12.1 Å². The molecule has 0 aliphatic rings. The number of halogens is 6. The summed E-state index contributed by atoms with van der Waals surface area (Å²) in [7, 11) is 0. The van der Waals surface area contributed by atoms with E-state index in [1.165, 1.54) is 0 Å². The van der Waals surface area contributed by atoms with Crippen molar-refractivity contribution in [3.8, 4) is 0 Å². The van der Waals surface area contributed by atoms with Crippen molar-refractivity contribution in [3.63, 3.8) is 0 Å². The highest BCUT2D eigenvalue weighted by Gasteiger charge is 2.34. The van der Waals surface area contributed by atoms with E-state index in [1.807, 2.05) is 0 Å². The summed E-state index contributed by atoms with van der Waals surface area (Å²) < 4.78 is 73.5. The van der Waals surface area contributed by atoms with Gasteiger partial charge in [-0.15, -0.1) is 0 Å². The zero-order valence-electron chi connectivity index (χ0n) is 7.54. The standard InChI is InChI=1S/C9H4F6O/c10-4-1-5(11)8(6(12)2-4)7(16)3-9(13,14)15/h1-2H,3H2. The molecule has 0 radical (unpaired) electrons. The molecule has 7 heteroatoms. The van der Waals surface area contributed by atoms with Gasteiger partial charge in [-0.05, 0) is 0 Å². The van der Waals surface area contributed by atoms with Crippen LogP contribution in [0.5, 0.6) is 0 Å². The van der Waals surface area contributed by atoms with Crippen molar-refractivity contribution in [1.29, 1.82) is 0 Å². The molecule has 0 fully saturated rings. The summed E-state index contributed by atoms with van der Waals surface area (Å²) in [6.45, 7) is 0. The number of benzene rings is 1. The minimum absolute atomic E-state index is 0.146. The molecule has 1 nitrogen and oxygen atoms in total. The number of hydrogen-bond acceptors (Lipinski definition) is 1. The Morgan fingerprint density at radius 1 is 1.06 bits per heavy atom. The van der Waals surface area contributed by atoms with Crippen molar-refractivity contribution in [2.75, 3.05) is 0 Å². The predicted octanol–water partition coefficient (Wildman–Crippen LogP) is 3.24. The normalized spacial score (nSPS) is 11.6. The van der Waals surface area contributed by atoms with E-state index in [-0.39, 0.29) is 12.1 Å². The molecule has 0 bridgehead atoms. The molecule has 0 aliphatic heterocycles. The van der Waals surface area contributed by atoms with Crippen LogP contribution in [-0.4, -0.2) is 12.0 Å². The maximum atomic E-state index is 12.9. The molecule has 0 aromatic heterocycles. The molecule has 0 saturated carbocycles. The first-order chi connectivity index (χ1) is 7.20. The second-order valence-electron chi connectivity index (χ2n) is 2.96. The third kappa shape index (κ3) is 2.98. The Labute approximate surface area is 85.7 Å². The quantitative estimate of drug-likeness (QED) is 0.574. The first-order valence-corrected chi connectivity index (χ1v) is 3.95. The molecule has 0 heterocycles. The molecule has 0 unspecified atom stereocenters. The summed E-state index contributed by atoms with van der Waals surface area (Å²) >= 11 is 0. The van der Waals surface area contributed by atoms with E-state index in [9.17, 15) is 31.1 Å². The predicted molar refractivity (Wildman–Crippen MR) is 41.3 cm³/mol. The van der Waals surface area contributed by atoms with Gasteiger partial charge < -0.3 is 0 Å². The Morgan fingerprint density at radius 2 is 1.50 bits per heavy atom. The number of carbonyl (C=O) groups is 1. The molecule has 16 heavy (non-hydrogen) atoms. The van der Waals surface area contributed by atoms with Crippen LogP contribution in [0.4, 0.5) is 26.3 Å². The molecule has 0 aliphatic carbocycles. The molecule has 88 valence electrons. The Bertz CT molecular complexity index is 399. The van der Waals surface area contributed by atoms with Gasteiger partial charge in [0.15, 0.2) is 5.78 Å². The van der Waals surface area contributed by atoms with Crippen molar-refractivity contribution < 1.29 is 31.1 Å². The minimum atomic E-state index is -4.87. The van der Waals surface area contributed by atoms with Gasteiger partial charge in [-0.25, -0.2) is 13.2 Å². The minimum Gasteiger partial charge on any atom is -0.294 e. The van der Waals surface area contributed by atoms with Crippen LogP contribution in [0.1, 0.15) is 16.8 Å². The number of alkyl halides is 3. The van der Waals surface area contributed by atoms with Gasteiger partial charge in [0.1, 0.15) is 23.9 Å². The highest BCUT2D eigenvalue weighted by atomic mass is 19.4. The lowest BCUT2D eigenvalue weighted by atomic mass is 10.1. The number of Topliss-reactive ketones (excluding diaryl/α,β-unsaturated/α-hetero) is 1. The van der Waals surface area contributed by atoms with Gasteiger partial charge in [0.05, 0.1) is 5.56 Å². The fraction of sp³-hybridized carbons (Fsp3) is 0.222. The van der Waals surface area contributed by atoms with Crippen LogP contribution >= 0.6 is 0 Å². The van der Waals surface area contributed by atoms with E-state index >= 15 is 0 Å². The Hall–Kier alpha value is -1.53. The van der Waals surface area contributed by atoms with Gasteiger partial charge in [-0.3, -0.25) is 4.79 Å². The van der Waals surface area contributed by atoms with Gasteiger partial charge in [0, 0.05) is 12.1 Å². The first kappa shape index (κ1) is 12.5. The molecule has 1 rings (SSSR count). The van der Waals surface area contributed by atoms with Gasteiger partial charge >= 0.3 is 6.18 Å². The first-order valence-electron chi connectivity index (χ1n) is 3.95. The third-order valence-electron chi connectivity index (χ3n) is 1.65. The third-order valence-corrected chi connectivity index (χ3v) is 1.65. The fourth-order valence-electron chi connectivity index (χ4n) is 1.08. The van der Waals surface area contributed by atoms with Gasteiger partial charge in [0.25, 0.3) is 0 Å². The Balaban J connectivity index is 3.10. The highest BCUT2D eigenvalue weighted by Crippen LogP contribution is 2.24. The largest absolute Gasteiger partial charge is 0.396 e. The monoisotopic (exact) mass is 242 g/mol. The van der Waals surface area contributed by atoms with Crippen molar-refractivity contribution >= 4 is 5.78 Å². The Kier molecular flexibility index (Phi) is 3.25. The summed E-state index contributed by atoms with van der Waals surface area (Å²) in [5.74, 6) is -6.38. The van der Waals surface area contributed by atoms with Gasteiger partial charge in [0.2, 0.25) is 0 Å². The molecule has 0 spiro atoms. The molecular formula is C9H4F6O. The molecule has 1 aromatic carbocycles. The summed E-state index contributed by atoms with van der Waals surface area (Å²) in [6.07, 6.45) is -6.86. The van der Waals surface area contributed by atoms with Crippen LogP contribution in [0.2, 0.25) is 0 Å². The van der Waals surface area contributed by atoms with Crippen molar-refractivity contribution in [3.05, 3.63) is 35.1 Å². The van der Waals surface area contributed by atoms with E-state index < -0.39 is 41.4 Å². The molecule has 0 saturated heterocycles. The van der Waals surface area contributed by atoms with E-state index in [2.05, 4.69) is 0 Å². The number of ketones is 1. The average molecular weight is 242 g/mol. The molecule has 0 N–H and O–H groups in total. The van der Waals surface area contributed by atoms with E-state index in [1.54, 1.807) is 0 Å². The van der Waals surface area contributed by atoms with Crippen LogP contribution in [0, 0.1) is 17.5 Å². The van der Waals surface area contributed by atoms with Gasteiger partial charge in [-0.1, -0.05) is 0 Å². The van der Waals surface area contributed by atoms with Crippen LogP contribution < -0.4 is 0 Å². The number of hydrogen-bond donors (Lipinski definition) is 0. The topological polar surface area (TPSA) is 17.1 Å². The summed E-state index contributed by atoms with van der Waals surface area (Å²) in [5.41, 5.74) is -1.38. The molecule has 0 atom stereocenters. The summed E-state index contributed by atoms with van der Waals surface area (Å²) in [4.78, 5) is 10.9. The highest BCUT2D eigenvalue weighted by molar-refractivity contribution is 5.97. The lowest BCUT2D eigenvalue weighted by Crippen LogP contribution is -2.17. The summed E-state index contributed by atoms with van der Waals surface area (Å²) in [6, 6.07) is 0.291. The van der Waals surface area contributed by atoms with Crippen LogP contribution in [0.25, 0.3) is 0 Å². The number of rotatable bonds is 2.